The minimum absolute atomic E-state index is 0.0714. The number of hydrogen-bond donors (Lipinski definition) is 3. The number of anilines is 2. The summed E-state index contributed by atoms with van der Waals surface area (Å²) in [5.74, 6) is 1.55. The van der Waals surface area contributed by atoms with E-state index in [4.69, 9.17) is 14.2 Å². The first-order valence-corrected chi connectivity index (χ1v) is 12.6. The van der Waals surface area contributed by atoms with Crippen LogP contribution >= 0.6 is 0 Å². The Bertz CT molecular complexity index is 1250. The lowest BCUT2D eigenvalue weighted by Crippen LogP contribution is -2.36. The van der Waals surface area contributed by atoms with Gasteiger partial charge in [0.15, 0.2) is 11.6 Å². The summed E-state index contributed by atoms with van der Waals surface area (Å²) < 4.78 is 18.8. The normalized spacial score (nSPS) is 24.8. The molecule has 0 radical (unpaired) electrons. The number of nitrogens with one attached hydrogen (secondary N) is 3. The van der Waals surface area contributed by atoms with Crippen molar-refractivity contribution in [1.82, 2.24) is 35.3 Å². The summed E-state index contributed by atoms with van der Waals surface area (Å²) in [4.78, 5) is 21.0. The van der Waals surface area contributed by atoms with E-state index in [1.165, 1.54) is 6.33 Å². The van der Waals surface area contributed by atoms with Gasteiger partial charge in [0.2, 0.25) is 0 Å². The van der Waals surface area contributed by atoms with Crippen molar-refractivity contribution in [2.45, 2.75) is 75.7 Å². The molecule has 1 unspecified atom stereocenters. The molecule has 2 saturated carbocycles. The second-order valence-corrected chi connectivity index (χ2v) is 10.3. The summed E-state index contributed by atoms with van der Waals surface area (Å²) >= 11 is 0. The number of alkyl carbamates (subject to hydrolysis) is 1. The molecule has 0 spiro atoms. The summed E-state index contributed by atoms with van der Waals surface area (Å²) in [7, 11) is 1.87. The molecule has 1 amide bonds. The average molecular weight is 497 g/mol. The topological polar surface area (TPSA) is 141 Å². The van der Waals surface area contributed by atoms with Crippen LogP contribution in [0.15, 0.2) is 12.4 Å². The molecule has 3 aliphatic rings. The van der Waals surface area contributed by atoms with Gasteiger partial charge in [0.05, 0.1) is 19.3 Å². The maximum atomic E-state index is 12.2. The third kappa shape index (κ3) is 4.87. The van der Waals surface area contributed by atoms with Gasteiger partial charge in [-0.05, 0) is 45.4 Å². The Kier molecular flexibility index (Phi) is 6.00. The van der Waals surface area contributed by atoms with E-state index in [2.05, 4.69) is 35.9 Å². The third-order valence-electron chi connectivity index (χ3n) is 7.38. The van der Waals surface area contributed by atoms with Crippen LogP contribution in [0.3, 0.4) is 0 Å². The van der Waals surface area contributed by atoms with Crippen LogP contribution in [0.2, 0.25) is 0 Å². The highest BCUT2D eigenvalue weighted by molar-refractivity contribution is 5.88. The molecule has 0 aromatic carbocycles. The van der Waals surface area contributed by atoms with Gasteiger partial charge in [-0.25, -0.2) is 14.8 Å². The standard InChI is InChI=1S/C24H32N8O4/c1-24(6-7-24)28-23(33)36-15-4-3-14(9-15)17-10-19(30-29-17)27-22-21-20(25-13-26-22)18(31-32(21)2)12-35-16-5-8-34-11-16/h10,13-16H,3-9,11-12H2,1-2H3,(H,28,33)(H2,25,26,27,29,30)/t14-,15+,16?/m0/s1. The van der Waals surface area contributed by atoms with Crippen LogP contribution in [0, 0.1) is 0 Å². The molecule has 3 aromatic rings. The van der Waals surface area contributed by atoms with E-state index >= 15 is 0 Å². The lowest BCUT2D eigenvalue weighted by atomic mass is 10.0. The highest BCUT2D eigenvalue weighted by Gasteiger charge is 2.40. The second kappa shape index (κ2) is 9.32. The molecule has 3 aromatic heterocycles. The molecule has 1 aliphatic heterocycles. The predicted octanol–water partition coefficient (Wildman–Crippen LogP) is 3.05. The zero-order valence-corrected chi connectivity index (χ0v) is 20.6. The molecule has 6 rings (SSSR count). The number of rotatable bonds is 8. The predicted molar refractivity (Wildman–Crippen MR) is 130 cm³/mol. The number of aryl methyl sites for hydroxylation is 1. The first-order valence-electron chi connectivity index (χ1n) is 12.6. The Hall–Kier alpha value is -3.25. The second-order valence-electron chi connectivity index (χ2n) is 10.3. The lowest BCUT2D eigenvalue weighted by Gasteiger charge is -2.16. The summed E-state index contributed by atoms with van der Waals surface area (Å²) in [6, 6.07) is 1.99. The van der Waals surface area contributed by atoms with Crippen molar-refractivity contribution in [3.8, 4) is 0 Å². The quantitative estimate of drug-likeness (QED) is 0.429. The van der Waals surface area contributed by atoms with Crippen molar-refractivity contribution >= 4 is 28.8 Å². The van der Waals surface area contributed by atoms with E-state index in [-0.39, 0.29) is 29.8 Å². The SMILES string of the molecule is Cn1nc(COC2CCOC2)c2ncnc(Nc3cc([C@H]4CC[C@@H](OC(=O)NC5(C)CC5)C4)[nH]n3)c21. The number of fused-ring (bicyclic) bond motifs is 1. The maximum Gasteiger partial charge on any atom is 0.407 e. The molecule has 2 aliphatic carbocycles. The van der Waals surface area contributed by atoms with Gasteiger partial charge in [0.25, 0.3) is 0 Å². The molecule has 3 atom stereocenters. The molecule has 3 N–H and O–H groups in total. The van der Waals surface area contributed by atoms with Gasteiger partial charge in [-0.2, -0.15) is 10.2 Å². The fourth-order valence-electron chi connectivity index (χ4n) is 5.01. The Balaban J connectivity index is 1.10. The number of hydrogen-bond acceptors (Lipinski definition) is 9. The molecule has 1 saturated heterocycles. The van der Waals surface area contributed by atoms with Crippen LogP contribution in [-0.4, -0.2) is 67.0 Å². The van der Waals surface area contributed by atoms with Crippen molar-refractivity contribution in [1.29, 1.82) is 0 Å². The Morgan fingerprint density at radius 1 is 1.28 bits per heavy atom. The van der Waals surface area contributed by atoms with Gasteiger partial charge >= 0.3 is 6.09 Å². The van der Waals surface area contributed by atoms with E-state index in [1.54, 1.807) is 4.68 Å². The maximum absolute atomic E-state index is 12.2. The van der Waals surface area contributed by atoms with Gasteiger partial charge in [-0.3, -0.25) is 9.78 Å². The number of amides is 1. The van der Waals surface area contributed by atoms with Crippen LogP contribution < -0.4 is 10.6 Å². The van der Waals surface area contributed by atoms with Crippen LogP contribution in [0.25, 0.3) is 11.0 Å². The molecular formula is C24H32N8O4. The largest absolute Gasteiger partial charge is 0.446 e. The van der Waals surface area contributed by atoms with Gasteiger partial charge < -0.3 is 24.8 Å². The fraction of sp³-hybridized carbons (Fsp3) is 0.625. The van der Waals surface area contributed by atoms with Gasteiger partial charge in [-0.15, -0.1) is 0 Å². The highest BCUT2D eigenvalue weighted by Crippen LogP contribution is 2.37. The third-order valence-corrected chi connectivity index (χ3v) is 7.38. The van der Waals surface area contributed by atoms with E-state index in [1.807, 2.05) is 20.0 Å². The minimum Gasteiger partial charge on any atom is -0.446 e. The molecule has 36 heavy (non-hydrogen) atoms. The Labute approximate surface area is 208 Å². The van der Waals surface area contributed by atoms with E-state index in [0.717, 1.165) is 67.6 Å². The molecule has 0 bridgehead atoms. The monoisotopic (exact) mass is 496 g/mol. The Morgan fingerprint density at radius 3 is 2.97 bits per heavy atom. The molecule has 12 heteroatoms. The average Bonchev–Trinajstić information content (AvgIpc) is 3.40. The number of ether oxygens (including phenoxy) is 3. The number of aromatic amines is 1. The molecule has 4 heterocycles. The van der Waals surface area contributed by atoms with Gasteiger partial charge in [-0.1, -0.05) is 0 Å². The summed E-state index contributed by atoms with van der Waals surface area (Å²) in [6.45, 7) is 3.77. The first kappa shape index (κ1) is 23.2. The van der Waals surface area contributed by atoms with Crippen molar-refractivity contribution in [3.05, 3.63) is 23.8 Å². The van der Waals surface area contributed by atoms with Crippen LogP contribution in [0.5, 0.6) is 0 Å². The summed E-state index contributed by atoms with van der Waals surface area (Å²) in [6.07, 6.45) is 6.72. The van der Waals surface area contributed by atoms with Crippen LogP contribution in [-0.2, 0) is 27.9 Å². The van der Waals surface area contributed by atoms with Crippen LogP contribution in [0.1, 0.15) is 62.8 Å². The zero-order chi connectivity index (χ0) is 24.7. The number of nitrogens with zero attached hydrogens (tertiary/aromatic N) is 5. The summed E-state index contributed by atoms with van der Waals surface area (Å²) in [5.41, 5.74) is 3.25. The lowest BCUT2D eigenvalue weighted by molar-refractivity contribution is 0.0304. The van der Waals surface area contributed by atoms with Crippen molar-refractivity contribution in [2.75, 3.05) is 18.5 Å². The first-order chi connectivity index (χ1) is 17.5. The zero-order valence-electron chi connectivity index (χ0n) is 20.6. The molecule has 3 fully saturated rings. The van der Waals surface area contributed by atoms with Crippen molar-refractivity contribution < 1.29 is 19.0 Å². The highest BCUT2D eigenvalue weighted by atomic mass is 16.6. The van der Waals surface area contributed by atoms with E-state index < -0.39 is 0 Å². The fourth-order valence-corrected chi connectivity index (χ4v) is 5.01. The molecule has 12 nitrogen and oxygen atoms in total. The van der Waals surface area contributed by atoms with Crippen LogP contribution in [0.4, 0.5) is 16.4 Å². The van der Waals surface area contributed by atoms with E-state index in [0.29, 0.717) is 24.8 Å². The number of aromatic nitrogens is 6. The van der Waals surface area contributed by atoms with E-state index in [9.17, 15) is 4.79 Å². The number of carbonyl (C=O) groups excluding carboxylic acids is 1. The van der Waals surface area contributed by atoms with Crippen molar-refractivity contribution in [2.24, 2.45) is 7.05 Å². The van der Waals surface area contributed by atoms with Crippen molar-refractivity contribution in [3.63, 3.8) is 0 Å². The Morgan fingerprint density at radius 2 is 2.17 bits per heavy atom. The summed E-state index contributed by atoms with van der Waals surface area (Å²) in [5, 5.41) is 18.5. The minimum atomic E-state index is -0.307. The van der Waals surface area contributed by atoms with Gasteiger partial charge in [0.1, 0.15) is 29.2 Å². The smallest absolute Gasteiger partial charge is 0.407 e. The number of carbonyl (C=O) groups is 1. The molecular weight excluding hydrogens is 464 g/mol. The van der Waals surface area contributed by atoms with Gasteiger partial charge in [0, 0.05) is 36.9 Å². The number of H-pyrrole nitrogens is 1. The molecule has 192 valence electrons.